The van der Waals surface area contributed by atoms with E-state index in [9.17, 15) is 4.79 Å². The molecule has 19 heavy (non-hydrogen) atoms. The molecule has 1 amide bonds. The smallest absolute Gasteiger partial charge is 0.269 e. The summed E-state index contributed by atoms with van der Waals surface area (Å²) in [6, 6.07) is 1.81. The SMILES string of the molecule is Cc1cc(C(=O)NCC2(CCl)CCCCC2)n(C)n1. The van der Waals surface area contributed by atoms with Gasteiger partial charge in [0.1, 0.15) is 5.69 Å². The maximum absolute atomic E-state index is 12.2. The average molecular weight is 284 g/mol. The topological polar surface area (TPSA) is 46.9 Å². The van der Waals surface area contributed by atoms with Gasteiger partial charge >= 0.3 is 0 Å². The number of nitrogens with one attached hydrogen (secondary N) is 1. The van der Waals surface area contributed by atoms with Crippen molar-refractivity contribution in [3.8, 4) is 0 Å². The minimum absolute atomic E-state index is 0.0573. The first-order chi connectivity index (χ1) is 9.06. The lowest BCUT2D eigenvalue weighted by molar-refractivity contribution is 0.0911. The summed E-state index contributed by atoms with van der Waals surface area (Å²) in [4.78, 5) is 12.2. The van der Waals surface area contributed by atoms with Gasteiger partial charge in [0.15, 0.2) is 0 Å². The molecule has 2 rings (SSSR count). The molecule has 0 saturated heterocycles. The summed E-state index contributed by atoms with van der Waals surface area (Å²) in [5.74, 6) is 0.565. The lowest BCUT2D eigenvalue weighted by atomic mass is 9.75. The number of carbonyl (C=O) groups excluding carboxylic acids is 1. The third-order valence-corrected chi connectivity index (χ3v) is 4.62. The van der Waals surface area contributed by atoms with Gasteiger partial charge < -0.3 is 5.32 Å². The zero-order valence-corrected chi connectivity index (χ0v) is 12.5. The third kappa shape index (κ3) is 3.30. The number of rotatable bonds is 4. The first-order valence-electron chi connectivity index (χ1n) is 6.91. The van der Waals surface area contributed by atoms with Crippen LogP contribution in [0.2, 0.25) is 0 Å². The molecule has 1 aliphatic carbocycles. The minimum Gasteiger partial charge on any atom is -0.350 e. The number of carbonyl (C=O) groups is 1. The zero-order valence-electron chi connectivity index (χ0n) is 11.7. The van der Waals surface area contributed by atoms with E-state index in [4.69, 9.17) is 11.6 Å². The third-order valence-electron chi connectivity index (χ3n) is 4.06. The Kier molecular flexibility index (Phi) is 4.50. The molecule has 1 fully saturated rings. The quantitative estimate of drug-likeness (QED) is 0.864. The Balaban J connectivity index is 1.97. The fourth-order valence-corrected chi connectivity index (χ4v) is 3.20. The summed E-state index contributed by atoms with van der Waals surface area (Å²) >= 11 is 6.13. The maximum atomic E-state index is 12.2. The van der Waals surface area contributed by atoms with Gasteiger partial charge in [0.05, 0.1) is 5.69 Å². The van der Waals surface area contributed by atoms with Crippen LogP contribution in [0, 0.1) is 12.3 Å². The average Bonchev–Trinajstić information content (AvgIpc) is 2.76. The van der Waals surface area contributed by atoms with Crippen molar-refractivity contribution in [2.45, 2.75) is 39.0 Å². The second-order valence-electron chi connectivity index (χ2n) is 5.67. The Labute approximate surface area is 119 Å². The van der Waals surface area contributed by atoms with E-state index in [1.54, 1.807) is 11.7 Å². The van der Waals surface area contributed by atoms with Crippen LogP contribution < -0.4 is 5.32 Å². The highest BCUT2D eigenvalue weighted by Crippen LogP contribution is 2.36. The number of nitrogens with zero attached hydrogens (tertiary/aromatic N) is 2. The van der Waals surface area contributed by atoms with Crippen molar-refractivity contribution in [3.63, 3.8) is 0 Å². The molecular weight excluding hydrogens is 262 g/mol. The van der Waals surface area contributed by atoms with Crippen LogP contribution >= 0.6 is 11.6 Å². The molecule has 1 aromatic heterocycles. The molecule has 0 atom stereocenters. The van der Waals surface area contributed by atoms with E-state index in [0.717, 1.165) is 18.5 Å². The Morgan fingerprint density at radius 3 is 2.68 bits per heavy atom. The van der Waals surface area contributed by atoms with Crippen LogP contribution in [0.3, 0.4) is 0 Å². The molecule has 0 aromatic carbocycles. The Morgan fingerprint density at radius 2 is 2.16 bits per heavy atom. The molecule has 4 nitrogen and oxygen atoms in total. The van der Waals surface area contributed by atoms with Gasteiger partial charge in [-0.05, 0) is 25.8 Å². The normalized spacial score (nSPS) is 18.3. The fourth-order valence-electron chi connectivity index (χ4n) is 2.84. The number of aryl methyl sites for hydroxylation is 2. The zero-order chi connectivity index (χ0) is 13.9. The monoisotopic (exact) mass is 283 g/mol. The van der Waals surface area contributed by atoms with Crippen molar-refractivity contribution >= 4 is 17.5 Å². The first kappa shape index (κ1) is 14.4. The number of hydrogen-bond donors (Lipinski definition) is 1. The number of aromatic nitrogens is 2. The Bertz CT molecular complexity index is 450. The van der Waals surface area contributed by atoms with Crippen LogP contribution in [0.4, 0.5) is 0 Å². The van der Waals surface area contributed by atoms with E-state index >= 15 is 0 Å². The molecule has 0 spiro atoms. The molecule has 106 valence electrons. The molecule has 0 unspecified atom stereocenters. The van der Waals surface area contributed by atoms with Crippen molar-refractivity contribution < 1.29 is 4.79 Å². The van der Waals surface area contributed by atoms with E-state index in [2.05, 4.69) is 10.4 Å². The van der Waals surface area contributed by atoms with Crippen LogP contribution in [0.1, 0.15) is 48.3 Å². The Hall–Kier alpha value is -1.03. The largest absolute Gasteiger partial charge is 0.350 e. The molecule has 0 radical (unpaired) electrons. The molecule has 1 N–H and O–H groups in total. The van der Waals surface area contributed by atoms with E-state index in [1.165, 1.54) is 19.3 Å². The van der Waals surface area contributed by atoms with E-state index < -0.39 is 0 Å². The summed E-state index contributed by atoms with van der Waals surface area (Å²) in [6.45, 7) is 2.55. The van der Waals surface area contributed by atoms with Gasteiger partial charge in [-0.1, -0.05) is 19.3 Å². The van der Waals surface area contributed by atoms with Gasteiger partial charge in [-0.15, -0.1) is 11.6 Å². The predicted molar refractivity (Wildman–Crippen MR) is 76.5 cm³/mol. The van der Waals surface area contributed by atoms with Crippen LogP contribution in [0.15, 0.2) is 6.07 Å². The molecular formula is C14H22ClN3O. The first-order valence-corrected chi connectivity index (χ1v) is 7.45. The van der Waals surface area contributed by atoms with Gasteiger partial charge in [-0.2, -0.15) is 5.10 Å². The fraction of sp³-hybridized carbons (Fsp3) is 0.714. The van der Waals surface area contributed by atoms with Gasteiger partial charge in [-0.3, -0.25) is 9.48 Å². The summed E-state index contributed by atoms with van der Waals surface area (Å²) in [5.41, 5.74) is 1.55. The van der Waals surface area contributed by atoms with Crippen LogP contribution in [-0.2, 0) is 7.05 Å². The molecule has 0 bridgehead atoms. The van der Waals surface area contributed by atoms with Crippen molar-refractivity contribution in [2.75, 3.05) is 12.4 Å². The molecule has 1 heterocycles. The summed E-state index contributed by atoms with van der Waals surface area (Å²) in [6.07, 6.45) is 5.94. The van der Waals surface area contributed by atoms with Crippen LogP contribution in [-0.4, -0.2) is 28.1 Å². The summed E-state index contributed by atoms with van der Waals surface area (Å²) in [7, 11) is 1.79. The second-order valence-corrected chi connectivity index (χ2v) is 5.94. The summed E-state index contributed by atoms with van der Waals surface area (Å²) in [5, 5.41) is 7.22. The number of halogens is 1. The molecule has 0 aliphatic heterocycles. The van der Waals surface area contributed by atoms with Gasteiger partial charge in [0, 0.05) is 24.9 Å². The highest BCUT2D eigenvalue weighted by Gasteiger charge is 2.31. The van der Waals surface area contributed by atoms with Crippen molar-refractivity contribution in [3.05, 3.63) is 17.5 Å². The molecule has 1 aromatic rings. The van der Waals surface area contributed by atoms with E-state index in [-0.39, 0.29) is 11.3 Å². The standard InChI is InChI=1S/C14H22ClN3O/c1-11-8-12(18(2)17-11)13(19)16-10-14(9-15)6-4-3-5-7-14/h8H,3-7,9-10H2,1-2H3,(H,16,19). The predicted octanol–water partition coefficient (Wildman–Crippen LogP) is 2.65. The van der Waals surface area contributed by atoms with Crippen molar-refractivity contribution in [1.29, 1.82) is 0 Å². The summed E-state index contributed by atoms with van der Waals surface area (Å²) < 4.78 is 1.62. The van der Waals surface area contributed by atoms with E-state index in [0.29, 0.717) is 18.1 Å². The highest BCUT2D eigenvalue weighted by molar-refractivity contribution is 6.18. The molecule has 1 saturated carbocycles. The number of alkyl halides is 1. The molecule has 1 aliphatic rings. The molecule has 5 heteroatoms. The van der Waals surface area contributed by atoms with Crippen molar-refractivity contribution in [1.82, 2.24) is 15.1 Å². The van der Waals surface area contributed by atoms with Gasteiger partial charge in [0.2, 0.25) is 0 Å². The maximum Gasteiger partial charge on any atom is 0.269 e. The number of amides is 1. The van der Waals surface area contributed by atoms with Crippen LogP contribution in [0.25, 0.3) is 0 Å². The lowest BCUT2D eigenvalue weighted by Crippen LogP contribution is -2.40. The van der Waals surface area contributed by atoms with Gasteiger partial charge in [-0.25, -0.2) is 0 Å². The van der Waals surface area contributed by atoms with Crippen molar-refractivity contribution in [2.24, 2.45) is 12.5 Å². The lowest BCUT2D eigenvalue weighted by Gasteiger charge is -2.35. The van der Waals surface area contributed by atoms with Crippen LogP contribution in [0.5, 0.6) is 0 Å². The Morgan fingerprint density at radius 1 is 1.47 bits per heavy atom. The number of hydrogen-bond acceptors (Lipinski definition) is 2. The van der Waals surface area contributed by atoms with E-state index in [1.807, 2.05) is 13.0 Å². The second kappa shape index (κ2) is 5.95. The highest BCUT2D eigenvalue weighted by atomic mass is 35.5. The van der Waals surface area contributed by atoms with Gasteiger partial charge in [0.25, 0.3) is 5.91 Å². The minimum atomic E-state index is -0.0573.